The van der Waals surface area contributed by atoms with Gasteiger partial charge >= 0.3 is 0 Å². The van der Waals surface area contributed by atoms with Crippen LogP contribution in [0.25, 0.3) is 0 Å². The van der Waals surface area contributed by atoms with Gasteiger partial charge in [-0.05, 0) is 6.42 Å². The van der Waals surface area contributed by atoms with Crippen LogP contribution in [0.2, 0.25) is 0 Å². The van der Waals surface area contributed by atoms with Crippen LogP contribution in [-0.4, -0.2) is 20.9 Å². The summed E-state index contributed by atoms with van der Waals surface area (Å²) >= 11 is 0. The molecular weight excluding hydrogens is 218 g/mol. The number of aromatic nitrogens is 3. The van der Waals surface area contributed by atoms with Crippen molar-refractivity contribution in [2.45, 2.75) is 39.2 Å². The van der Waals surface area contributed by atoms with E-state index in [1.54, 1.807) is 0 Å². The van der Waals surface area contributed by atoms with Crippen molar-refractivity contribution in [3.63, 3.8) is 0 Å². The first-order valence-corrected chi connectivity index (χ1v) is 5.09. The third-order valence-corrected chi connectivity index (χ3v) is 2.19. The van der Waals surface area contributed by atoms with E-state index in [1.807, 2.05) is 6.92 Å². The molecule has 5 nitrogen and oxygen atoms in total. The van der Waals surface area contributed by atoms with Crippen LogP contribution in [0.15, 0.2) is 0 Å². The first kappa shape index (κ1) is 12.5. The number of carbonyl (C=O) groups is 1. The molecule has 0 spiro atoms. The van der Waals surface area contributed by atoms with Crippen LogP contribution in [0.5, 0.6) is 0 Å². The number of alkyl halides is 2. The third-order valence-electron chi connectivity index (χ3n) is 2.19. The highest BCUT2D eigenvalue weighted by Crippen LogP contribution is 2.21. The van der Waals surface area contributed by atoms with Crippen LogP contribution in [0.3, 0.4) is 0 Å². The van der Waals surface area contributed by atoms with E-state index in [4.69, 9.17) is 5.73 Å². The Morgan fingerprint density at radius 2 is 2.19 bits per heavy atom. The Balaban J connectivity index is 2.87. The minimum atomic E-state index is -2.79. The summed E-state index contributed by atoms with van der Waals surface area (Å²) in [6, 6.07) is 0. The quantitative estimate of drug-likeness (QED) is 0.755. The highest BCUT2D eigenvalue weighted by molar-refractivity contribution is 5.91. The molecule has 0 aliphatic carbocycles. The Labute approximate surface area is 91.6 Å². The van der Waals surface area contributed by atoms with Crippen molar-refractivity contribution in [2.24, 2.45) is 5.73 Å². The lowest BCUT2D eigenvalue weighted by molar-refractivity contribution is 0.0976. The zero-order valence-corrected chi connectivity index (χ0v) is 8.99. The summed E-state index contributed by atoms with van der Waals surface area (Å²) in [6.07, 6.45) is -0.188. The maximum Gasteiger partial charge on any atom is 0.282 e. The molecule has 0 fully saturated rings. The maximum absolute atomic E-state index is 12.7. The van der Waals surface area contributed by atoms with Crippen LogP contribution in [-0.2, 0) is 6.54 Å². The number of nitrogens with two attached hydrogens (primary N) is 1. The molecule has 0 aromatic carbocycles. The number of amides is 1. The molecule has 2 N–H and O–H groups in total. The first-order chi connectivity index (χ1) is 7.57. The molecule has 0 radical (unpaired) electrons. The van der Waals surface area contributed by atoms with Gasteiger partial charge in [-0.15, -0.1) is 5.10 Å². The summed E-state index contributed by atoms with van der Waals surface area (Å²) < 4.78 is 26.4. The van der Waals surface area contributed by atoms with Gasteiger partial charge in [0.2, 0.25) is 0 Å². The molecule has 0 aliphatic heterocycles. The predicted molar refractivity (Wildman–Crippen MR) is 53.0 cm³/mol. The minimum absolute atomic E-state index is 0.327. The van der Waals surface area contributed by atoms with Gasteiger partial charge in [-0.25, -0.2) is 13.5 Å². The molecular formula is C9H14F2N4O. The fourth-order valence-electron chi connectivity index (χ4n) is 1.39. The number of unbranched alkanes of at least 4 members (excludes halogenated alkanes) is 2. The maximum atomic E-state index is 12.7. The molecule has 0 bridgehead atoms. The van der Waals surface area contributed by atoms with Crippen molar-refractivity contribution in [3.8, 4) is 0 Å². The van der Waals surface area contributed by atoms with Crippen LogP contribution in [0.1, 0.15) is 48.8 Å². The summed E-state index contributed by atoms with van der Waals surface area (Å²) in [5.41, 5.74) is 4.01. The summed E-state index contributed by atoms with van der Waals surface area (Å²) in [7, 11) is 0. The normalized spacial score (nSPS) is 11.0. The number of primary amides is 1. The lowest BCUT2D eigenvalue weighted by Gasteiger charge is -2.05. The molecule has 1 heterocycles. The summed E-state index contributed by atoms with van der Waals surface area (Å²) in [6.45, 7) is 2.33. The van der Waals surface area contributed by atoms with E-state index >= 15 is 0 Å². The van der Waals surface area contributed by atoms with Crippen LogP contribution >= 0.6 is 0 Å². The largest absolute Gasteiger partial charge is 0.364 e. The Bertz CT molecular complexity index is 364. The Hall–Kier alpha value is -1.53. The SMILES string of the molecule is CCCCCn1nnc(C(N)=O)c1C(F)F. The molecule has 7 heteroatoms. The highest BCUT2D eigenvalue weighted by atomic mass is 19.3. The van der Waals surface area contributed by atoms with Crippen molar-refractivity contribution < 1.29 is 13.6 Å². The van der Waals surface area contributed by atoms with Crippen molar-refractivity contribution in [3.05, 3.63) is 11.4 Å². The Morgan fingerprint density at radius 3 is 2.69 bits per heavy atom. The van der Waals surface area contributed by atoms with E-state index in [0.717, 1.165) is 23.9 Å². The van der Waals surface area contributed by atoms with E-state index in [1.165, 1.54) is 0 Å². The van der Waals surface area contributed by atoms with Crippen molar-refractivity contribution >= 4 is 5.91 Å². The standard InChI is InChI=1S/C9H14F2N4O/c1-2-3-4-5-15-7(8(10)11)6(9(12)16)13-14-15/h8H,2-5H2,1H3,(H2,12,16). The predicted octanol–water partition coefficient (Wildman–Crippen LogP) is 1.50. The monoisotopic (exact) mass is 232 g/mol. The first-order valence-electron chi connectivity index (χ1n) is 5.09. The average Bonchev–Trinajstić information content (AvgIpc) is 2.62. The smallest absolute Gasteiger partial charge is 0.282 e. The second kappa shape index (κ2) is 5.53. The highest BCUT2D eigenvalue weighted by Gasteiger charge is 2.24. The van der Waals surface area contributed by atoms with E-state index < -0.39 is 23.7 Å². The zero-order chi connectivity index (χ0) is 12.1. The fraction of sp³-hybridized carbons (Fsp3) is 0.667. The molecule has 1 aromatic rings. The van der Waals surface area contributed by atoms with Gasteiger partial charge in [0, 0.05) is 6.54 Å². The second-order valence-corrected chi connectivity index (χ2v) is 3.42. The fourth-order valence-corrected chi connectivity index (χ4v) is 1.39. The van der Waals surface area contributed by atoms with Gasteiger partial charge in [-0.1, -0.05) is 25.0 Å². The van der Waals surface area contributed by atoms with Gasteiger partial charge in [-0.3, -0.25) is 4.79 Å². The van der Waals surface area contributed by atoms with Gasteiger partial charge in [0.25, 0.3) is 12.3 Å². The number of aryl methyl sites for hydroxylation is 1. The van der Waals surface area contributed by atoms with E-state index in [9.17, 15) is 13.6 Å². The number of halogens is 2. The lowest BCUT2D eigenvalue weighted by atomic mass is 10.2. The number of rotatable bonds is 6. The average molecular weight is 232 g/mol. The zero-order valence-electron chi connectivity index (χ0n) is 8.99. The van der Waals surface area contributed by atoms with Gasteiger partial charge in [-0.2, -0.15) is 0 Å². The molecule has 1 aromatic heterocycles. The number of hydrogen-bond donors (Lipinski definition) is 1. The minimum Gasteiger partial charge on any atom is -0.364 e. The number of nitrogens with zero attached hydrogens (tertiary/aromatic N) is 3. The van der Waals surface area contributed by atoms with E-state index in [0.29, 0.717) is 6.54 Å². The van der Waals surface area contributed by atoms with E-state index in [2.05, 4.69) is 10.3 Å². The molecule has 0 aliphatic rings. The van der Waals surface area contributed by atoms with E-state index in [-0.39, 0.29) is 0 Å². The Morgan fingerprint density at radius 1 is 1.50 bits per heavy atom. The summed E-state index contributed by atoms with van der Waals surface area (Å²) in [5, 5.41) is 6.89. The molecule has 0 saturated heterocycles. The molecule has 0 saturated carbocycles. The molecule has 0 unspecified atom stereocenters. The van der Waals surface area contributed by atoms with Crippen LogP contribution < -0.4 is 5.73 Å². The molecule has 90 valence electrons. The summed E-state index contributed by atoms with van der Waals surface area (Å²) in [5.74, 6) is -0.975. The van der Waals surface area contributed by atoms with Gasteiger partial charge in [0.05, 0.1) is 0 Å². The number of carbonyl (C=O) groups excluding carboxylic acids is 1. The molecule has 1 amide bonds. The molecule has 16 heavy (non-hydrogen) atoms. The second-order valence-electron chi connectivity index (χ2n) is 3.42. The van der Waals surface area contributed by atoms with Crippen molar-refractivity contribution in [2.75, 3.05) is 0 Å². The van der Waals surface area contributed by atoms with Crippen molar-refractivity contribution in [1.82, 2.24) is 15.0 Å². The van der Waals surface area contributed by atoms with Crippen molar-refractivity contribution in [1.29, 1.82) is 0 Å². The molecule has 0 atom stereocenters. The van der Waals surface area contributed by atoms with Gasteiger partial charge < -0.3 is 5.73 Å². The van der Waals surface area contributed by atoms with Crippen LogP contribution in [0.4, 0.5) is 8.78 Å². The lowest BCUT2D eigenvalue weighted by Crippen LogP contribution is -2.15. The Kier molecular flexibility index (Phi) is 4.33. The van der Waals surface area contributed by atoms with Gasteiger partial charge in [0.15, 0.2) is 5.69 Å². The summed E-state index contributed by atoms with van der Waals surface area (Å²) in [4.78, 5) is 10.8. The topological polar surface area (TPSA) is 73.8 Å². The molecule has 1 rings (SSSR count). The third kappa shape index (κ3) is 2.74. The van der Waals surface area contributed by atoms with Crippen LogP contribution in [0, 0.1) is 0 Å². The van der Waals surface area contributed by atoms with Gasteiger partial charge in [0.1, 0.15) is 5.69 Å². The number of hydrogen-bond acceptors (Lipinski definition) is 3.